The van der Waals surface area contributed by atoms with E-state index in [-0.39, 0.29) is 12.5 Å². The largest absolute Gasteiger partial charge is 0.379 e. The number of likely N-dealkylation sites (N-methyl/N-ethyl adjacent to an activating group) is 1. The number of amides is 1. The smallest absolute Gasteiger partial charge is 0.243 e. The number of guanidine groups is 1. The van der Waals surface area contributed by atoms with Crippen LogP contribution in [0.3, 0.4) is 0 Å². The van der Waals surface area contributed by atoms with Crippen molar-refractivity contribution in [1.29, 1.82) is 0 Å². The second-order valence-electron chi connectivity index (χ2n) is 7.38. The van der Waals surface area contributed by atoms with Crippen LogP contribution in [0.25, 0.3) is 0 Å². The Morgan fingerprint density at radius 2 is 1.63 bits per heavy atom. The molecule has 0 spiro atoms. The van der Waals surface area contributed by atoms with Crippen LogP contribution in [0.2, 0.25) is 0 Å². The number of nitrogens with one attached hydrogen (secondary N) is 2. The predicted molar refractivity (Wildman–Crippen MR) is 112 cm³/mol. The molecule has 27 heavy (non-hydrogen) atoms. The third-order valence-corrected chi connectivity index (χ3v) is 4.77. The van der Waals surface area contributed by atoms with Gasteiger partial charge in [0.2, 0.25) is 5.91 Å². The Bertz CT molecular complexity index is 409. The summed E-state index contributed by atoms with van der Waals surface area (Å²) in [6, 6.07) is 0. The molecule has 158 valence electrons. The average molecular weight is 384 g/mol. The van der Waals surface area contributed by atoms with Gasteiger partial charge < -0.3 is 20.3 Å². The summed E-state index contributed by atoms with van der Waals surface area (Å²) in [7, 11) is 3.52. The van der Waals surface area contributed by atoms with Crippen LogP contribution < -0.4 is 10.6 Å². The van der Waals surface area contributed by atoms with E-state index < -0.39 is 0 Å². The highest BCUT2D eigenvalue weighted by atomic mass is 16.5. The number of nitrogens with zero attached hydrogens (tertiary/aromatic N) is 3. The quantitative estimate of drug-likeness (QED) is 0.288. The molecule has 1 rings (SSSR count). The third-order valence-electron chi connectivity index (χ3n) is 4.77. The molecule has 0 saturated carbocycles. The molecular formula is C20H41N5O2. The minimum atomic E-state index is 0.0141. The molecule has 0 bridgehead atoms. The summed E-state index contributed by atoms with van der Waals surface area (Å²) in [4.78, 5) is 20.2. The van der Waals surface area contributed by atoms with Gasteiger partial charge in [-0.2, -0.15) is 0 Å². The van der Waals surface area contributed by atoms with E-state index in [0.717, 1.165) is 58.3 Å². The molecule has 1 aliphatic heterocycles. The van der Waals surface area contributed by atoms with Gasteiger partial charge in [0.25, 0.3) is 0 Å². The minimum Gasteiger partial charge on any atom is -0.379 e. The topological polar surface area (TPSA) is 69.2 Å². The fourth-order valence-electron chi connectivity index (χ4n) is 2.91. The number of aliphatic imine (C=N–C) groups is 1. The Kier molecular flexibility index (Phi) is 13.8. The van der Waals surface area contributed by atoms with Gasteiger partial charge >= 0.3 is 0 Å². The molecule has 2 N–H and O–H groups in total. The van der Waals surface area contributed by atoms with Crippen molar-refractivity contribution in [2.24, 2.45) is 4.99 Å². The van der Waals surface area contributed by atoms with E-state index in [1.165, 1.54) is 38.5 Å². The van der Waals surface area contributed by atoms with Crippen molar-refractivity contribution >= 4 is 11.9 Å². The van der Waals surface area contributed by atoms with Gasteiger partial charge in [-0.1, -0.05) is 45.4 Å². The highest BCUT2D eigenvalue weighted by Crippen LogP contribution is 2.06. The van der Waals surface area contributed by atoms with Gasteiger partial charge in [0, 0.05) is 46.8 Å². The van der Waals surface area contributed by atoms with Gasteiger partial charge in [0.05, 0.1) is 13.2 Å². The van der Waals surface area contributed by atoms with Gasteiger partial charge in [0.15, 0.2) is 5.96 Å². The molecule has 1 amide bonds. The molecule has 0 unspecified atom stereocenters. The van der Waals surface area contributed by atoms with E-state index in [0.29, 0.717) is 0 Å². The van der Waals surface area contributed by atoms with Crippen molar-refractivity contribution in [2.45, 2.75) is 51.9 Å². The number of morpholine rings is 1. The molecule has 7 heteroatoms. The molecule has 0 aromatic heterocycles. The maximum Gasteiger partial charge on any atom is 0.243 e. The summed E-state index contributed by atoms with van der Waals surface area (Å²) in [5, 5.41) is 6.74. The van der Waals surface area contributed by atoms with Gasteiger partial charge in [-0.05, 0) is 6.42 Å². The van der Waals surface area contributed by atoms with Crippen LogP contribution in [0.1, 0.15) is 51.9 Å². The second kappa shape index (κ2) is 15.7. The van der Waals surface area contributed by atoms with E-state index in [2.05, 4.69) is 27.4 Å². The lowest BCUT2D eigenvalue weighted by Crippen LogP contribution is -2.45. The van der Waals surface area contributed by atoms with E-state index in [1.807, 2.05) is 0 Å². The number of unbranched alkanes of at least 4 members (excludes halogenated alkanes) is 6. The van der Waals surface area contributed by atoms with Crippen molar-refractivity contribution in [2.75, 3.05) is 66.6 Å². The summed E-state index contributed by atoms with van der Waals surface area (Å²) in [6.07, 6.45) is 9.02. The molecular weight excluding hydrogens is 342 g/mol. The van der Waals surface area contributed by atoms with Crippen molar-refractivity contribution in [3.8, 4) is 0 Å². The van der Waals surface area contributed by atoms with Crippen LogP contribution in [0.4, 0.5) is 0 Å². The minimum absolute atomic E-state index is 0.0141. The van der Waals surface area contributed by atoms with E-state index >= 15 is 0 Å². The average Bonchev–Trinajstić information content (AvgIpc) is 2.68. The third kappa shape index (κ3) is 12.6. The van der Waals surface area contributed by atoms with Gasteiger partial charge in [0.1, 0.15) is 6.54 Å². The lowest BCUT2D eigenvalue weighted by atomic mass is 10.1. The lowest BCUT2D eigenvalue weighted by molar-refractivity contribution is -0.127. The first-order chi connectivity index (χ1) is 13.1. The number of ether oxygens (including phenoxy) is 1. The number of hydrogen-bond donors (Lipinski definition) is 2. The Hall–Kier alpha value is -1.34. The van der Waals surface area contributed by atoms with E-state index in [4.69, 9.17) is 4.74 Å². The second-order valence-corrected chi connectivity index (χ2v) is 7.38. The van der Waals surface area contributed by atoms with Crippen LogP contribution >= 0.6 is 0 Å². The molecule has 0 aromatic carbocycles. The molecule has 1 fully saturated rings. The van der Waals surface area contributed by atoms with Crippen molar-refractivity contribution in [1.82, 2.24) is 20.4 Å². The number of carbonyl (C=O) groups excluding carboxylic acids is 1. The first-order valence-electron chi connectivity index (χ1n) is 10.7. The standard InChI is InChI=1S/C20H41N5O2/c1-4-5-6-7-8-9-10-11-21-20(23-18-19(26)24(2)3)22-12-13-25-14-16-27-17-15-25/h4-18H2,1-3H3,(H2,21,22,23). The van der Waals surface area contributed by atoms with Crippen LogP contribution in [0.15, 0.2) is 4.99 Å². The number of carbonyl (C=O) groups is 1. The molecule has 7 nitrogen and oxygen atoms in total. The zero-order valence-corrected chi connectivity index (χ0v) is 17.8. The summed E-state index contributed by atoms with van der Waals surface area (Å²) < 4.78 is 5.38. The molecule has 1 aliphatic rings. The Morgan fingerprint density at radius 3 is 2.30 bits per heavy atom. The Morgan fingerprint density at radius 1 is 1.00 bits per heavy atom. The van der Waals surface area contributed by atoms with E-state index in [1.54, 1.807) is 19.0 Å². The van der Waals surface area contributed by atoms with Crippen LogP contribution in [0.5, 0.6) is 0 Å². The summed E-state index contributed by atoms with van der Waals surface area (Å²) in [6.45, 7) is 8.70. The monoisotopic (exact) mass is 383 g/mol. The summed E-state index contributed by atoms with van der Waals surface area (Å²) in [5.74, 6) is 0.754. The first-order valence-corrected chi connectivity index (χ1v) is 10.7. The fraction of sp³-hybridized carbons (Fsp3) is 0.900. The van der Waals surface area contributed by atoms with E-state index in [9.17, 15) is 4.79 Å². The molecule has 0 aromatic rings. The molecule has 0 atom stereocenters. The molecule has 1 heterocycles. The SMILES string of the molecule is CCCCCCCCCNC(=NCC(=O)N(C)C)NCCN1CCOCC1. The van der Waals surface area contributed by atoms with Crippen LogP contribution in [0, 0.1) is 0 Å². The van der Waals surface area contributed by atoms with Crippen molar-refractivity contribution in [3.05, 3.63) is 0 Å². The molecule has 1 saturated heterocycles. The number of rotatable bonds is 13. The maximum absolute atomic E-state index is 11.8. The van der Waals surface area contributed by atoms with Gasteiger partial charge in [-0.3, -0.25) is 9.69 Å². The molecule has 0 aliphatic carbocycles. The van der Waals surface area contributed by atoms with Crippen LogP contribution in [-0.4, -0.2) is 88.2 Å². The highest BCUT2D eigenvalue weighted by Gasteiger charge is 2.10. The fourth-order valence-corrected chi connectivity index (χ4v) is 2.91. The molecule has 0 radical (unpaired) electrons. The van der Waals surface area contributed by atoms with Crippen molar-refractivity contribution < 1.29 is 9.53 Å². The lowest BCUT2D eigenvalue weighted by Gasteiger charge is -2.26. The first kappa shape index (κ1) is 23.7. The summed E-state index contributed by atoms with van der Waals surface area (Å²) in [5.41, 5.74) is 0. The zero-order chi connectivity index (χ0) is 19.7. The van der Waals surface area contributed by atoms with Gasteiger partial charge in [-0.15, -0.1) is 0 Å². The van der Waals surface area contributed by atoms with Crippen molar-refractivity contribution in [3.63, 3.8) is 0 Å². The maximum atomic E-state index is 11.8. The zero-order valence-electron chi connectivity index (χ0n) is 17.8. The summed E-state index contributed by atoms with van der Waals surface area (Å²) >= 11 is 0. The highest BCUT2D eigenvalue weighted by molar-refractivity contribution is 5.84. The number of hydrogen-bond acceptors (Lipinski definition) is 4. The predicted octanol–water partition coefficient (Wildman–Crippen LogP) is 1.69. The Balaban J connectivity index is 2.27. The van der Waals surface area contributed by atoms with Gasteiger partial charge in [-0.25, -0.2) is 4.99 Å². The van der Waals surface area contributed by atoms with Crippen LogP contribution in [-0.2, 0) is 9.53 Å². The normalized spacial score (nSPS) is 15.6. The Labute approximate surface area is 165 Å².